The zero-order valence-electron chi connectivity index (χ0n) is 16.4. The first kappa shape index (κ1) is 21.6. The molecule has 1 atom stereocenters. The van der Waals surface area contributed by atoms with E-state index in [4.69, 9.17) is 0 Å². The molecule has 0 aliphatic carbocycles. The molecule has 7 nitrogen and oxygen atoms in total. The summed E-state index contributed by atoms with van der Waals surface area (Å²) >= 11 is 0. The molecule has 0 spiro atoms. The Hall–Kier alpha value is -2.41. The van der Waals surface area contributed by atoms with Gasteiger partial charge in [-0.05, 0) is 44.9 Å². The number of hydrogen-bond donors (Lipinski definition) is 3. The van der Waals surface area contributed by atoms with Gasteiger partial charge in [-0.15, -0.1) is 0 Å². The number of aryl methyl sites for hydroxylation is 1. The molecule has 0 saturated heterocycles. The average molecular weight is 363 g/mol. The standard InChI is InChI=1S/C19H30N4O3/c1-6-20-17(24)12-23(7-2)19(26)13-22(5)11-18(25)21-16-10-8-9-14(3)15(16)4/h8-10H,6-7,11-13H2,1-5H3,(H,20,24)(H,21,25)/p+1. The van der Waals surface area contributed by atoms with Crippen molar-refractivity contribution in [2.24, 2.45) is 0 Å². The van der Waals surface area contributed by atoms with Crippen molar-refractivity contribution in [2.75, 3.05) is 45.1 Å². The summed E-state index contributed by atoms with van der Waals surface area (Å²) < 4.78 is 0. The van der Waals surface area contributed by atoms with E-state index in [0.29, 0.717) is 13.1 Å². The summed E-state index contributed by atoms with van der Waals surface area (Å²) in [6, 6.07) is 5.76. The summed E-state index contributed by atoms with van der Waals surface area (Å²) in [4.78, 5) is 38.5. The number of carbonyl (C=O) groups is 3. The van der Waals surface area contributed by atoms with Crippen LogP contribution in [0, 0.1) is 13.8 Å². The number of nitrogens with one attached hydrogen (secondary N) is 3. The minimum Gasteiger partial charge on any atom is -0.355 e. The van der Waals surface area contributed by atoms with Gasteiger partial charge in [-0.1, -0.05) is 12.1 Å². The smallest absolute Gasteiger partial charge is 0.279 e. The second-order valence-corrected chi connectivity index (χ2v) is 6.47. The number of quaternary nitrogens is 1. The Bertz CT molecular complexity index is 646. The molecule has 1 rings (SSSR count). The monoisotopic (exact) mass is 363 g/mol. The van der Waals surface area contributed by atoms with Crippen LogP contribution in [-0.4, -0.2) is 62.4 Å². The van der Waals surface area contributed by atoms with E-state index in [1.807, 2.05) is 45.9 Å². The maximum atomic E-state index is 12.4. The number of amides is 3. The zero-order chi connectivity index (χ0) is 19.7. The van der Waals surface area contributed by atoms with Crippen LogP contribution in [0.2, 0.25) is 0 Å². The number of rotatable bonds is 9. The molecular weight excluding hydrogens is 332 g/mol. The number of hydrogen-bond acceptors (Lipinski definition) is 3. The highest BCUT2D eigenvalue weighted by Crippen LogP contribution is 2.17. The lowest BCUT2D eigenvalue weighted by Gasteiger charge is -2.22. The molecule has 0 heterocycles. The Balaban J connectivity index is 2.54. The van der Waals surface area contributed by atoms with Gasteiger partial charge in [-0.2, -0.15) is 0 Å². The van der Waals surface area contributed by atoms with E-state index in [2.05, 4.69) is 10.6 Å². The average Bonchev–Trinajstić information content (AvgIpc) is 2.56. The summed E-state index contributed by atoms with van der Waals surface area (Å²) in [5.74, 6) is -0.459. The van der Waals surface area contributed by atoms with Gasteiger partial charge in [-0.25, -0.2) is 0 Å². The molecule has 1 aromatic carbocycles. The third-order valence-corrected chi connectivity index (χ3v) is 4.24. The minimum absolute atomic E-state index is 0.0468. The molecule has 0 aliphatic heterocycles. The van der Waals surface area contributed by atoms with Crippen molar-refractivity contribution in [2.45, 2.75) is 27.7 Å². The fourth-order valence-corrected chi connectivity index (χ4v) is 2.59. The van der Waals surface area contributed by atoms with Gasteiger partial charge in [-0.3, -0.25) is 14.4 Å². The minimum atomic E-state index is -0.173. The van der Waals surface area contributed by atoms with Gasteiger partial charge in [0, 0.05) is 18.8 Å². The molecule has 0 bridgehead atoms. The van der Waals surface area contributed by atoms with Crippen molar-refractivity contribution in [3.8, 4) is 0 Å². The van der Waals surface area contributed by atoms with Crippen LogP contribution in [0.25, 0.3) is 0 Å². The maximum Gasteiger partial charge on any atom is 0.279 e. The van der Waals surface area contributed by atoms with E-state index in [-0.39, 0.29) is 37.4 Å². The number of carbonyl (C=O) groups excluding carboxylic acids is 3. The second kappa shape index (κ2) is 10.6. The molecule has 26 heavy (non-hydrogen) atoms. The van der Waals surface area contributed by atoms with E-state index in [1.54, 1.807) is 7.05 Å². The van der Waals surface area contributed by atoms with Crippen LogP contribution in [-0.2, 0) is 14.4 Å². The van der Waals surface area contributed by atoms with Gasteiger partial charge in [0.25, 0.3) is 11.8 Å². The molecule has 7 heteroatoms. The summed E-state index contributed by atoms with van der Waals surface area (Å²) in [5, 5.41) is 5.58. The summed E-state index contributed by atoms with van der Waals surface area (Å²) in [6.07, 6.45) is 0. The lowest BCUT2D eigenvalue weighted by Crippen LogP contribution is -3.11. The largest absolute Gasteiger partial charge is 0.355 e. The highest BCUT2D eigenvalue weighted by Gasteiger charge is 2.20. The van der Waals surface area contributed by atoms with E-state index in [0.717, 1.165) is 21.7 Å². The Labute approximate surface area is 155 Å². The number of anilines is 1. The number of benzene rings is 1. The number of likely N-dealkylation sites (N-methyl/N-ethyl adjacent to an activating group) is 3. The van der Waals surface area contributed by atoms with Gasteiger partial charge < -0.3 is 20.4 Å². The predicted octanol–water partition coefficient (Wildman–Crippen LogP) is -0.259. The molecule has 1 aromatic rings. The molecule has 0 saturated carbocycles. The van der Waals surface area contributed by atoms with Crippen LogP contribution in [0.15, 0.2) is 18.2 Å². The van der Waals surface area contributed by atoms with Gasteiger partial charge >= 0.3 is 0 Å². The molecule has 0 aliphatic rings. The number of nitrogens with zero attached hydrogens (tertiary/aromatic N) is 1. The van der Waals surface area contributed by atoms with E-state index in [1.165, 1.54) is 4.90 Å². The van der Waals surface area contributed by atoms with E-state index >= 15 is 0 Å². The van der Waals surface area contributed by atoms with Gasteiger partial charge in [0.15, 0.2) is 13.1 Å². The first-order valence-electron chi connectivity index (χ1n) is 9.00. The fraction of sp³-hybridized carbons (Fsp3) is 0.526. The van der Waals surface area contributed by atoms with Gasteiger partial charge in [0.1, 0.15) is 0 Å². The Morgan fingerprint density at radius 3 is 2.38 bits per heavy atom. The first-order chi connectivity index (χ1) is 12.3. The van der Waals surface area contributed by atoms with Crippen LogP contribution in [0.1, 0.15) is 25.0 Å². The Morgan fingerprint density at radius 1 is 1.08 bits per heavy atom. The van der Waals surface area contributed by atoms with Crippen molar-refractivity contribution in [1.29, 1.82) is 0 Å². The maximum absolute atomic E-state index is 12.4. The summed E-state index contributed by atoms with van der Waals surface area (Å²) in [7, 11) is 1.79. The Morgan fingerprint density at radius 2 is 1.77 bits per heavy atom. The normalized spacial score (nSPS) is 11.6. The molecule has 0 aromatic heterocycles. The quantitative estimate of drug-likeness (QED) is 0.565. The van der Waals surface area contributed by atoms with Gasteiger partial charge in [0.2, 0.25) is 5.91 Å². The first-order valence-corrected chi connectivity index (χ1v) is 9.00. The van der Waals surface area contributed by atoms with Crippen LogP contribution < -0.4 is 15.5 Å². The SMILES string of the molecule is CCNC(=O)CN(CC)C(=O)C[NH+](C)CC(=O)Nc1cccc(C)c1C. The molecule has 3 N–H and O–H groups in total. The van der Waals surface area contributed by atoms with Crippen molar-refractivity contribution in [3.05, 3.63) is 29.3 Å². The fourth-order valence-electron chi connectivity index (χ4n) is 2.59. The van der Waals surface area contributed by atoms with Crippen molar-refractivity contribution >= 4 is 23.4 Å². The molecule has 1 unspecified atom stereocenters. The summed E-state index contributed by atoms with van der Waals surface area (Å²) in [5.41, 5.74) is 2.94. The second-order valence-electron chi connectivity index (χ2n) is 6.47. The lowest BCUT2D eigenvalue weighted by atomic mass is 10.1. The van der Waals surface area contributed by atoms with Crippen LogP contribution in [0.4, 0.5) is 5.69 Å². The van der Waals surface area contributed by atoms with Crippen molar-refractivity contribution < 1.29 is 19.3 Å². The van der Waals surface area contributed by atoms with E-state index in [9.17, 15) is 14.4 Å². The van der Waals surface area contributed by atoms with Crippen LogP contribution in [0.3, 0.4) is 0 Å². The molecule has 0 radical (unpaired) electrons. The zero-order valence-corrected chi connectivity index (χ0v) is 16.4. The highest BCUT2D eigenvalue weighted by molar-refractivity contribution is 5.92. The lowest BCUT2D eigenvalue weighted by molar-refractivity contribution is -0.862. The Kier molecular flexibility index (Phi) is 8.78. The van der Waals surface area contributed by atoms with Crippen LogP contribution >= 0.6 is 0 Å². The van der Waals surface area contributed by atoms with Crippen LogP contribution in [0.5, 0.6) is 0 Å². The van der Waals surface area contributed by atoms with Crippen molar-refractivity contribution in [1.82, 2.24) is 10.2 Å². The van der Waals surface area contributed by atoms with E-state index < -0.39 is 0 Å². The van der Waals surface area contributed by atoms with Crippen molar-refractivity contribution in [3.63, 3.8) is 0 Å². The molecule has 0 fully saturated rings. The predicted molar refractivity (Wildman–Crippen MR) is 102 cm³/mol. The highest BCUT2D eigenvalue weighted by atomic mass is 16.2. The molecule has 3 amide bonds. The summed E-state index contributed by atoms with van der Waals surface area (Å²) in [6.45, 7) is 9.01. The third kappa shape index (κ3) is 6.84. The van der Waals surface area contributed by atoms with Gasteiger partial charge in [0.05, 0.1) is 13.6 Å². The third-order valence-electron chi connectivity index (χ3n) is 4.24. The topological polar surface area (TPSA) is 83.0 Å². The molecular formula is C19H31N4O3+. The molecule has 144 valence electrons.